The van der Waals surface area contributed by atoms with Gasteiger partial charge in [0, 0.05) is 49.1 Å². The fraction of sp³-hybridized carbons (Fsp3) is 0.444. The summed E-state index contributed by atoms with van der Waals surface area (Å²) in [4.78, 5) is 30.6. The molecule has 0 saturated carbocycles. The monoisotopic (exact) mass is 730 g/mol. The van der Waals surface area contributed by atoms with E-state index in [0.29, 0.717) is 35.2 Å². The van der Waals surface area contributed by atoms with E-state index in [1.54, 1.807) is 62.4 Å². The highest BCUT2D eigenvalue weighted by molar-refractivity contribution is 7.92. The molecule has 12 nitrogen and oxygen atoms in total. The van der Waals surface area contributed by atoms with Gasteiger partial charge in [0.25, 0.3) is 15.9 Å². The number of rotatable bonds is 9. The van der Waals surface area contributed by atoms with Crippen molar-refractivity contribution in [1.29, 1.82) is 0 Å². The first kappa shape index (κ1) is 38.8. The maximum absolute atomic E-state index is 14.4. The molecule has 4 atom stereocenters. The summed E-state index contributed by atoms with van der Waals surface area (Å²) in [6.07, 6.45) is 1.53. The molecule has 1 heterocycles. The van der Waals surface area contributed by atoms with E-state index in [4.69, 9.17) is 25.8 Å². The number of methoxy groups -OCH3 is 1. The van der Waals surface area contributed by atoms with Gasteiger partial charge in [-0.05, 0) is 99.8 Å². The van der Waals surface area contributed by atoms with E-state index in [0.717, 1.165) is 12.8 Å². The van der Waals surface area contributed by atoms with E-state index >= 15 is 0 Å². The number of likely N-dealkylation sites (N-methyl/N-ethyl adjacent to an activating group) is 1. The molecule has 1 aliphatic heterocycles. The number of anilines is 2. The second-order valence-electron chi connectivity index (χ2n) is 12.6. The molecule has 3 amide bonds. The second-order valence-corrected chi connectivity index (χ2v) is 14.7. The van der Waals surface area contributed by atoms with Crippen LogP contribution < -0.4 is 19.5 Å². The third kappa shape index (κ3) is 10.5. The van der Waals surface area contributed by atoms with Crippen molar-refractivity contribution >= 4 is 44.9 Å². The molecule has 272 valence electrons. The van der Waals surface area contributed by atoms with Gasteiger partial charge in [-0.2, -0.15) is 0 Å². The van der Waals surface area contributed by atoms with Crippen LogP contribution in [0.2, 0.25) is 5.02 Å². The van der Waals surface area contributed by atoms with E-state index in [-0.39, 0.29) is 53.9 Å². The van der Waals surface area contributed by atoms with Gasteiger partial charge >= 0.3 is 6.03 Å². The summed E-state index contributed by atoms with van der Waals surface area (Å²) >= 11 is 5.95. The highest BCUT2D eigenvalue weighted by Crippen LogP contribution is 2.30. The van der Waals surface area contributed by atoms with Crippen LogP contribution >= 0.6 is 11.6 Å². The van der Waals surface area contributed by atoms with Crippen molar-refractivity contribution in [2.45, 2.75) is 63.2 Å². The standard InChI is InChI=1S/C36H47ClN4O8S/c1-24-21-41(25(2)23-42)35(43)32-20-29(39-50(45,46)31-16-9-27(37)10-17-31)13-18-33(32)49-26(3)8-6-7-19-48-34(24)22-40(4)36(44)38-28-11-14-30(47-5)15-12-28/h9-18,20,24-26,34,39,42H,6-8,19,21-23H2,1-5H3,(H,38,44)/t24-,25+,26+,34+/m0/s1. The lowest BCUT2D eigenvalue weighted by Crippen LogP contribution is -2.48. The van der Waals surface area contributed by atoms with Crippen LogP contribution in [0.15, 0.2) is 71.6 Å². The van der Waals surface area contributed by atoms with Gasteiger partial charge in [0.15, 0.2) is 0 Å². The molecule has 3 N–H and O–H groups in total. The summed E-state index contributed by atoms with van der Waals surface area (Å²) in [5.74, 6) is 0.254. The van der Waals surface area contributed by atoms with E-state index < -0.39 is 28.1 Å². The minimum absolute atomic E-state index is 0.0104. The average Bonchev–Trinajstić information content (AvgIpc) is 3.09. The zero-order valence-electron chi connectivity index (χ0n) is 29.1. The number of nitrogens with one attached hydrogen (secondary N) is 2. The Morgan fingerprint density at radius 1 is 1.08 bits per heavy atom. The number of ether oxygens (including phenoxy) is 3. The first-order valence-corrected chi connectivity index (χ1v) is 18.5. The Morgan fingerprint density at radius 2 is 1.76 bits per heavy atom. The van der Waals surface area contributed by atoms with Crippen molar-refractivity contribution in [3.05, 3.63) is 77.3 Å². The van der Waals surface area contributed by atoms with E-state index in [9.17, 15) is 23.1 Å². The van der Waals surface area contributed by atoms with Gasteiger partial charge in [0.2, 0.25) is 0 Å². The van der Waals surface area contributed by atoms with Crippen molar-refractivity contribution < 1.29 is 37.3 Å². The number of aliphatic hydroxyl groups excluding tert-OH is 1. The molecule has 0 radical (unpaired) electrons. The minimum atomic E-state index is -4.00. The number of nitrogens with zero attached hydrogens (tertiary/aromatic N) is 2. The topological polar surface area (TPSA) is 147 Å². The maximum Gasteiger partial charge on any atom is 0.321 e. The molecular weight excluding hydrogens is 684 g/mol. The third-order valence-electron chi connectivity index (χ3n) is 8.57. The summed E-state index contributed by atoms with van der Waals surface area (Å²) < 4.78 is 46.7. The Labute approximate surface area is 299 Å². The van der Waals surface area contributed by atoms with Crippen molar-refractivity contribution in [2.75, 3.05) is 50.5 Å². The molecule has 0 saturated heterocycles. The number of carbonyl (C=O) groups is 2. The average molecular weight is 731 g/mol. The largest absolute Gasteiger partial charge is 0.497 e. The molecule has 4 rings (SSSR count). The molecule has 0 fully saturated rings. The number of fused-ring (bicyclic) bond motifs is 1. The number of benzene rings is 3. The molecule has 0 bridgehead atoms. The molecule has 0 aliphatic carbocycles. The van der Waals surface area contributed by atoms with Crippen molar-refractivity contribution in [1.82, 2.24) is 9.80 Å². The van der Waals surface area contributed by atoms with Gasteiger partial charge in [-0.3, -0.25) is 9.52 Å². The SMILES string of the molecule is COc1ccc(NC(=O)N(C)C[C@H]2OCCCC[C@@H](C)Oc3ccc(NS(=O)(=O)c4ccc(Cl)cc4)cc3C(=O)N([C@H](C)CO)C[C@@H]2C)cc1. The van der Waals surface area contributed by atoms with Crippen LogP contribution in [0.25, 0.3) is 0 Å². The van der Waals surface area contributed by atoms with Gasteiger partial charge < -0.3 is 34.4 Å². The maximum atomic E-state index is 14.4. The van der Waals surface area contributed by atoms with Crippen LogP contribution in [0.1, 0.15) is 50.4 Å². The second kappa shape index (κ2) is 17.8. The van der Waals surface area contributed by atoms with Gasteiger partial charge in [-0.1, -0.05) is 18.5 Å². The number of halogens is 1. The summed E-state index contributed by atoms with van der Waals surface area (Å²) in [7, 11) is -0.745. The molecule has 3 aromatic carbocycles. The Kier molecular flexibility index (Phi) is 13.8. The van der Waals surface area contributed by atoms with E-state index in [1.165, 1.54) is 35.2 Å². The summed E-state index contributed by atoms with van der Waals surface area (Å²) in [5, 5.41) is 13.5. The lowest BCUT2D eigenvalue weighted by Gasteiger charge is -2.35. The van der Waals surface area contributed by atoms with Crippen LogP contribution in [0.4, 0.5) is 16.2 Å². The summed E-state index contributed by atoms with van der Waals surface area (Å²) in [6, 6.07) is 16.4. The van der Waals surface area contributed by atoms with Crippen molar-refractivity contribution in [3.8, 4) is 11.5 Å². The number of sulfonamides is 1. The van der Waals surface area contributed by atoms with Crippen LogP contribution in [-0.4, -0.2) is 94.0 Å². The molecule has 14 heteroatoms. The van der Waals surface area contributed by atoms with Gasteiger partial charge in [-0.15, -0.1) is 0 Å². The van der Waals surface area contributed by atoms with E-state index in [2.05, 4.69) is 10.0 Å². The molecule has 0 unspecified atom stereocenters. The van der Waals surface area contributed by atoms with Crippen LogP contribution in [0.3, 0.4) is 0 Å². The number of hydrogen-bond donors (Lipinski definition) is 3. The number of carbonyl (C=O) groups excluding carboxylic acids is 2. The first-order chi connectivity index (χ1) is 23.8. The molecule has 3 aromatic rings. The van der Waals surface area contributed by atoms with Crippen LogP contribution in [0.5, 0.6) is 11.5 Å². The smallest absolute Gasteiger partial charge is 0.321 e. The minimum Gasteiger partial charge on any atom is -0.497 e. The molecular formula is C36H47ClN4O8S. The van der Waals surface area contributed by atoms with Gasteiger partial charge in [-0.25, -0.2) is 13.2 Å². The van der Waals surface area contributed by atoms with Crippen LogP contribution in [0, 0.1) is 5.92 Å². The third-order valence-corrected chi connectivity index (χ3v) is 10.2. The first-order valence-electron chi connectivity index (χ1n) is 16.6. The lowest BCUT2D eigenvalue weighted by molar-refractivity contribution is -0.0115. The Bertz CT molecular complexity index is 1690. The lowest BCUT2D eigenvalue weighted by atomic mass is 10.0. The number of hydrogen-bond acceptors (Lipinski definition) is 8. The van der Waals surface area contributed by atoms with Crippen molar-refractivity contribution in [2.24, 2.45) is 5.92 Å². The van der Waals surface area contributed by atoms with Crippen molar-refractivity contribution in [3.63, 3.8) is 0 Å². The summed E-state index contributed by atoms with van der Waals surface area (Å²) in [5.41, 5.74) is 0.923. The number of amides is 3. The van der Waals surface area contributed by atoms with Crippen LogP contribution in [-0.2, 0) is 14.8 Å². The Hall–Kier alpha value is -4.04. The molecule has 0 aromatic heterocycles. The Morgan fingerprint density at radius 3 is 2.42 bits per heavy atom. The molecule has 1 aliphatic rings. The highest BCUT2D eigenvalue weighted by atomic mass is 35.5. The predicted octanol–water partition coefficient (Wildman–Crippen LogP) is 6.11. The zero-order valence-corrected chi connectivity index (χ0v) is 30.7. The zero-order chi connectivity index (χ0) is 36.4. The number of aliphatic hydroxyl groups is 1. The quantitative estimate of drug-likeness (QED) is 0.239. The van der Waals surface area contributed by atoms with E-state index in [1.807, 2.05) is 13.8 Å². The fourth-order valence-corrected chi connectivity index (χ4v) is 6.70. The predicted molar refractivity (Wildman–Crippen MR) is 194 cm³/mol. The molecule has 0 spiro atoms. The molecule has 50 heavy (non-hydrogen) atoms. The normalized spacial score (nSPS) is 19.7. The Balaban J connectivity index is 1.61. The number of urea groups is 1. The van der Waals surface area contributed by atoms with Gasteiger partial charge in [0.05, 0.1) is 42.4 Å². The fourth-order valence-electron chi connectivity index (χ4n) is 5.52. The van der Waals surface area contributed by atoms with Gasteiger partial charge in [0.1, 0.15) is 11.5 Å². The summed E-state index contributed by atoms with van der Waals surface area (Å²) in [6.45, 7) is 6.13. The highest BCUT2D eigenvalue weighted by Gasteiger charge is 2.31.